The molecular weight excluding hydrogens is 280 g/mol. The van der Waals surface area contributed by atoms with E-state index < -0.39 is 0 Å². The predicted molar refractivity (Wildman–Crippen MR) is 95.4 cm³/mol. The van der Waals surface area contributed by atoms with Crippen molar-refractivity contribution in [3.63, 3.8) is 0 Å². The van der Waals surface area contributed by atoms with Gasteiger partial charge in [0.25, 0.3) is 0 Å². The summed E-state index contributed by atoms with van der Waals surface area (Å²) in [6, 6.07) is 19.7. The van der Waals surface area contributed by atoms with Crippen LogP contribution >= 0.6 is 0 Å². The lowest BCUT2D eigenvalue weighted by atomic mass is 9.92. The standard InChI is InChI=1S/C21H24N2/c1-18-7-9-19(10-8-18)11-12-21(16-23-14-13-22-17-23)15-20-5-3-2-4-6-20/h2-10,13-14,17,21H,11-12,15-16H2,1H3. The fourth-order valence-electron chi connectivity index (χ4n) is 3.02. The van der Waals surface area contributed by atoms with Gasteiger partial charge >= 0.3 is 0 Å². The molecule has 2 heteroatoms. The van der Waals surface area contributed by atoms with Crippen molar-refractivity contribution in [1.29, 1.82) is 0 Å². The van der Waals surface area contributed by atoms with E-state index in [0.717, 1.165) is 19.4 Å². The fraction of sp³-hybridized carbons (Fsp3) is 0.286. The van der Waals surface area contributed by atoms with Crippen LogP contribution in [0.15, 0.2) is 73.3 Å². The molecule has 118 valence electrons. The van der Waals surface area contributed by atoms with E-state index >= 15 is 0 Å². The molecule has 0 bridgehead atoms. The number of rotatable bonds is 7. The molecule has 0 aliphatic carbocycles. The van der Waals surface area contributed by atoms with Crippen molar-refractivity contribution in [3.8, 4) is 0 Å². The summed E-state index contributed by atoms with van der Waals surface area (Å²) in [4.78, 5) is 4.17. The number of hydrogen-bond donors (Lipinski definition) is 0. The Morgan fingerprint density at radius 3 is 2.43 bits per heavy atom. The van der Waals surface area contributed by atoms with Gasteiger partial charge in [-0.3, -0.25) is 0 Å². The second kappa shape index (κ2) is 7.77. The van der Waals surface area contributed by atoms with Crippen LogP contribution in [0.2, 0.25) is 0 Å². The van der Waals surface area contributed by atoms with Crippen LogP contribution in [0.25, 0.3) is 0 Å². The van der Waals surface area contributed by atoms with E-state index in [2.05, 4.69) is 77.3 Å². The molecule has 0 amide bonds. The monoisotopic (exact) mass is 304 g/mol. The van der Waals surface area contributed by atoms with Crippen LogP contribution in [0.3, 0.4) is 0 Å². The van der Waals surface area contributed by atoms with Gasteiger partial charge in [-0.15, -0.1) is 0 Å². The number of aryl methyl sites for hydroxylation is 2. The number of hydrogen-bond acceptors (Lipinski definition) is 1. The first-order chi connectivity index (χ1) is 11.3. The summed E-state index contributed by atoms with van der Waals surface area (Å²) in [6.45, 7) is 3.17. The topological polar surface area (TPSA) is 17.8 Å². The average molecular weight is 304 g/mol. The summed E-state index contributed by atoms with van der Waals surface area (Å²) in [5.74, 6) is 0.618. The van der Waals surface area contributed by atoms with E-state index in [4.69, 9.17) is 0 Å². The lowest BCUT2D eigenvalue weighted by molar-refractivity contribution is 0.412. The maximum absolute atomic E-state index is 4.17. The van der Waals surface area contributed by atoms with E-state index in [1.807, 2.05) is 12.5 Å². The molecule has 0 radical (unpaired) electrons. The Balaban J connectivity index is 1.65. The highest BCUT2D eigenvalue weighted by atomic mass is 15.0. The lowest BCUT2D eigenvalue weighted by Gasteiger charge is -2.18. The summed E-state index contributed by atoms with van der Waals surface area (Å²) < 4.78 is 2.20. The van der Waals surface area contributed by atoms with Crippen LogP contribution in [0.1, 0.15) is 23.1 Å². The van der Waals surface area contributed by atoms with Crippen molar-refractivity contribution >= 4 is 0 Å². The van der Waals surface area contributed by atoms with Gasteiger partial charge in [-0.2, -0.15) is 0 Å². The summed E-state index contributed by atoms with van der Waals surface area (Å²) >= 11 is 0. The smallest absolute Gasteiger partial charge is 0.0945 e. The Bertz CT molecular complexity index is 684. The SMILES string of the molecule is Cc1ccc(CCC(Cc2ccccc2)Cn2ccnc2)cc1. The van der Waals surface area contributed by atoms with Gasteiger partial charge < -0.3 is 4.57 Å². The van der Waals surface area contributed by atoms with E-state index in [-0.39, 0.29) is 0 Å². The Kier molecular flexibility index (Phi) is 5.25. The molecule has 1 unspecified atom stereocenters. The van der Waals surface area contributed by atoms with Crippen molar-refractivity contribution in [2.75, 3.05) is 0 Å². The summed E-state index contributed by atoms with van der Waals surface area (Å²) in [5.41, 5.74) is 4.17. The van der Waals surface area contributed by atoms with Crippen molar-refractivity contribution < 1.29 is 0 Å². The van der Waals surface area contributed by atoms with Gasteiger partial charge in [0.05, 0.1) is 6.33 Å². The van der Waals surface area contributed by atoms with Crippen LogP contribution in [0.5, 0.6) is 0 Å². The summed E-state index contributed by atoms with van der Waals surface area (Å²) in [5, 5.41) is 0. The van der Waals surface area contributed by atoms with Gasteiger partial charge in [-0.05, 0) is 43.2 Å². The highest BCUT2D eigenvalue weighted by molar-refractivity contribution is 5.21. The molecule has 0 saturated heterocycles. The van der Waals surface area contributed by atoms with E-state index in [9.17, 15) is 0 Å². The number of imidazole rings is 1. The average Bonchev–Trinajstić information content (AvgIpc) is 3.08. The molecule has 2 aromatic carbocycles. The van der Waals surface area contributed by atoms with Gasteiger partial charge in [-0.25, -0.2) is 4.98 Å². The quantitative estimate of drug-likeness (QED) is 0.619. The van der Waals surface area contributed by atoms with Gasteiger partial charge in [0.1, 0.15) is 0 Å². The Morgan fingerprint density at radius 1 is 0.957 bits per heavy atom. The lowest BCUT2D eigenvalue weighted by Crippen LogP contribution is -2.14. The van der Waals surface area contributed by atoms with Crippen molar-refractivity contribution in [2.45, 2.75) is 32.7 Å². The molecule has 1 atom stereocenters. The second-order valence-corrected chi connectivity index (χ2v) is 6.34. The zero-order chi connectivity index (χ0) is 15.9. The third-order valence-electron chi connectivity index (χ3n) is 4.36. The number of benzene rings is 2. The zero-order valence-corrected chi connectivity index (χ0v) is 13.7. The molecule has 3 aromatic rings. The van der Waals surface area contributed by atoms with Crippen LogP contribution < -0.4 is 0 Å². The first-order valence-electron chi connectivity index (χ1n) is 8.35. The predicted octanol–water partition coefficient (Wildman–Crippen LogP) is 4.68. The van der Waals surface area contributed by atoms with Gasteiger partial charge in [-0.1, -0.05) is 60.2 Å². The molecule has 0 fully saturated rings. The fourth-order valence-corrected chi connectivity index (χ4v) is 3.02. The summed E-state index contributed by atoms with van der Waals surface area (Å²) in [6.07, 6.45) is 9.28. The van der Waals surface area contributed by atoms with Crippen molar-refractivity contribution in [3.05, 3.63) is 90.0 Å². The van der Waals surface area contributed by atoms with Gasteiger partial charge in [0.2, 0.25) is 0 Å². The van der Waals surface area contributed by atoms with Crippen LogP contribution in [-0.4, -0.2) is 9.55 Å². The molecule has 23 heavy (non-hydrogen) atoms. The van der Waals surface area contributed by atoms with Gasteiger partial charge in [0.15, 0.2) is 0 Å². The first-order valence-corrected chi connectivity index (χ1v) is 8.35. The van der Waals surface area contributed by atoms with Crippen LogP contribution in [0.4, 0.5) is 0 Å². The van der Waals surface area contributed by atoms with Gasteiger partial charge in [0, 0.05) is 18.9 Å². The summed E-state index contributed by atoms with van der Waals surface area (Å²) in [7, 11) is 0. The molecule has 0 saturated carbocycles. The number of nitrogens with zero attached hydrogens (tertiary/aromatic N) is 2. The first kappa shape index (κ1) is 15.5. The molecule has 0 aliphatic heterocycles. The zero-order valence-electron chi connectivity index (χ0n) is 13.7. The largest absolute Gasteiger partial charge is 0.337 e. The molecule has 1 aromatic heterocycles. The van der Waals surface area contributed by atoms with Crippen LogP contribution in [0, 0.1) is 12.8 Å². The molecule has 3 rings (SSSR count). The Labute approximate surface area is 138 Å². The molecule has 0 N–H and O–H groups in total. The molecule has 2 nitrogen and oxygen atoms in total. The molecule has 0 aliphatic rings. The van der Waals surface area contributed by atoms with E-state index in [1.54, 1.807) is 0 Å². The van der Waals surface area contributed by atoms with E-state index in [1.165, 1.54) is 23.1 Å². The third-order valence-corrected chi connectivity index (χ3v) is 4.36. The highest BCUT2D eigenvalue weighted by Crippen LogP contribution is 2.18. The normalized spacial score (nSPS) is 12.2. The van der Waals surface area contributed by atoms with Crippen LogP contribution in [-0.2, 0) is 19.4 Å². The minimum atomic E-state index is 0.618. The van der Waals surface area contributed by atoms with Crippen molar-refractivity contribution in [1.82, 2.24) is 9.55 Å². The highest BCUT2D eigenvalue weighted by Gasteiger charge is 2.11. The minimum Gasteiger partial charge on any atom is -0.337 e. The molecule has 0 spiro atoms. The maximum atomic E-state index is 4.17. The molecule has 1 heterocycles. The second-order valence-electron chi connectivity index (χ2n) is 6.34. The van der Waals surface area contributed by atoms with Crippen molar-refractivity contribution in [2.24, 2.45) is 5.92 Å². The van der Waals surface area contributed by atoms with E-state index in [0.29, 0.717) is 5.92 Å². The third kappa shape index (κ3) is 4.82. The maximum Gasteiger partial charge on any atom is 0.0945 e. The Hall–Kier alpha value is -2.35. The minimum absolute atomic E-state index is 0.618. The number of aromatic nitrogens is 2. The molecular formula is C21H24N2. The Morgan fingerprint density at radius 2 is 1.74 bits per heavy atom.